The maximum Gasteiger partial charge on any atom is 0.571 e. The van der Waals surface area contributed by atoms with Gasteiger partial charge in [0.05, 0.1) is 0 Å². The summed E-state index contributed by atoms with van der Waals surface area (Å²) in [6, 6.07) is 8.96. The van der Waals surface area contributed by atoms with Crippen LogP contribution in [0.3, 0.4) is 0 Å². The number of rotatable bonds is 2. The zero-order valence-electron chi connectivity index (χ0n) is 6.10. The number of alkyl halides is 1. The van der Waals surface area contributed by atoms with Crippen molar-refractivity contribution in [3.05, 3.63) is 35.9 Å². The van der Waals surface area contributed by atoms with Gasteiger partial charge in [0.2, 0.25) is 0 Å². The summed E-state index contributed by atoms with van der Waals surface area (Å²) in [6.07, 6.45) is 0. The summed E-state index contributed by atoms with van der Waals surface area (Å²) in [4.78, 5) is 0. The van der Waals surface area contributed by atoms with Gasteiger partial charge < -0.3 is 5.73 Å². The van der Waals surface area contributed by atoms with E-state index in [2.05, 4.69) is 6.07 Å². The lowest BCUT2D eigenvalue weighted by atomic mass is 9.81. The van der Waals surface area contributed by atoms with Crippen LogP contribution in [0, 0.1) is 6.07 Å². The van der Waals surface area contributed by atoms with Crippen LogP contribution >= 0.6 is 22.6 Å². The number of benzene rings is 1. The third kappa shape index (κ3) is 1.95. The lowest BCUT2D eigenvalue weighted by Gasteiger charge is -2.18. The van der Waals surface area contributed by atoms with Gasteiger partial charge in [-0.3, -0.25) is 8.63 Å². The number of halogens is 3. The molecule has 1 nitrogen and oxygen atoms in total. The van der Waals surface area contributed by atoms with Crippen molar-refractivity contribution in [3.8, 4) is 0 Å². The fourth-order valence-corrected chi connectivity index (χ4v) is 1.13. The molecule has 1 unspecified atom stereocenters. The average molecular weight is 280 g/mol. The van der Waals surface area contributed by atoms with Crippen LogP contribution in [-0.4, -0.2) is 7.27 Å². The Balaban J connectivity index is 2.98. The minimum Gasteiger partial charge on any atom is -0.314 e. The van der Waals surface area contributed by atoms with Crippen LogP contribution in [0.15, 0.2) is 24.3 Å². The predicted octanol–water partition coefficient (Wildman–Crippen LogP) is 2.00. The van der Waals surface area contributed by atoms with E-state index >= 15 is 0 Å². The molecule has 0 aliphatic carbocycles. The molecule has 1 atom stereocenters. The van der Waals surface area contributed by atoms with Crippen LogP contribution in [0.5, 0.6) is 0 Å². The van der Waals surface area contributed by atoms with Crippen molar-refractivity contribution in [1.29, 1.82) is 0 Å². The van der Waals surface area contributed by atoms with E-state index in [1.807, 2.05) is 0 Å². The molecule has 0 aromatic heterocycles. The summed E-state index contributed by atoms with van der Waals surface area (Å²) >= 11 is 1.55. The molecule has 63 valence electrons. The van der Waals surface area contributed by atoms with E-state index in [-0.39, 0.29) is 0 Å². The fourth-order valence-electron chi connectivity index (χ4n) is 0.768. The molecule has 0 fully saturated rings. The summed E-state index contributed by atoms with van der Waals surface area (Å²) < 4.78 is 23.1. The second kappa shape index (κ2) is 3.70. The standard InChI is InChI=1S/C7H6BF2IN/c9-8(10)7(11,12)6-4-2-1-3-5-6/h2-5H,12H2. The van der Waals surface area contributed by atoms with Gasteiger partial charge in [-0.1, -0.05) is 46.9 Å². The van der Waals surface area contributed by atoms with E-state index in [9.17, 15) is 8.63 Å². The first-order chi connectivity index (χ1) is 5.55. The highest BCUT2D eigenvalue weighted by molar-refractivity contribution is 14.1. The fraction of sp³-hybridized carbons (Fsp3) is 0.143. The molecule has 0 spiro atoms. The quantitative estimate of drug-likeness (QED) is 0.381. The SMILES string of the molecule is NC(I)(B(F)F)c1cc[c]cc1. The summed E-state index contributed by atoms with van der Waals surface area (Å²) in [5.74, 6) is 0. The first-order valence-electron chi connectivity index (χ1n) is 3.27. The molecular weight excluding hydrogens is 274 g/mol. The van der Waals surface area contributed by atoms with Gasteiger partial charge in [0, 0.05) is 0 Å². The molecule has 1 rings (SSSR count). The molecule has 5 heteroatoms. The van der Waals surface area contributed by atoms with Gasteiger partial charge in [-0.05, 0) is 11.6 Å². The smallest absolute Gasteiger partial charge is 0.314 e. The van der Waals surface area contributed by atoms with Crippen LogP contribution < -0.4 is 5.73 Å². The number of hydrogen-bond donors (Lipinski definition) is 1. The van der Waals surface area contributed by atoms with Crippen molar-refractivity contribution >= 4 is 29.9 Å². The van der Waals surface area contributed by atoms with Crippen molar-refractivity contribution in [3.63, 3.8) is 0 Å². The number of nitrogens with two attached hydrogens (primary N) is 1. The van der Waals surface area contributed by atoms with Gasteiger partial charge >= 0.3 is 7.27 Å². The van der Waals surface area contributed by atoms with Crippen LogP contribution in [0.1, 0.15) is 5.56 Å². The molecule has 0 saturated carbocycles. The highest BCUT2D eigenvalue weighted by Crippen LogP contribution is 2.29. The van der Waals surface area contributed by atoms with E-state index in [4.69, 9.17) is 5.73 Å². The first kappa shape index (κ1) is 9.92. The highest BCUT2D eigenvalue weighted by atomic mass is 127. The molecule has 0 aliphatic heterocycles. The Hall–Kier alpha value is -0.165. The Kier molecular flexibility index (Phi) is 3.06. The van der Waals surface area contributed by atoms with E-state index in [0.29, 0.717) is 5.56 Å². The molecular formula is C7H6BF2IN. The average Bonchev–Trinajstić information content (AvgIpc) is 2.06. The molecule has 1 aromatic carbocycles. The molecule has 0 saturated heterocycles. The van der Waals surface area contributed by atoms with Crippen LogP contribution in [0.25, 0.3) is 0 Å². The third-order valence-corrected chi connectivity index (χ3v) is 2.57. The summed E-state index contributed by atoms with van der Waals surface area (Å²) in [7, 11) is -2.57. The monoisotopic (exact) mass is 280 g/mol. The van der Waals surface area contributed by atoms with Gasteiger partial charge in [-0.2, -0.15) is 0 Å². The lowest BCUT2D eigenvalue weighted by Crippen LogP contribution is -2.40. The van der Waals surface area contributed by atoms with Crippen LogP contribution in [0.2, 0.25) is 0 Å². The molecule has 0 bridgehead atoms. The lowest BCUT2D eigenvalue weighted by molar-refractivity contribution is 0.608. The van der Waals surface area contributed by atoms with Gasteiger partial charge in [-0.25, -0.2) is 0 Å². The Morgan fingerprint density at radius 3 is 2.33 bits per heavy atom. The maximum absolute atomic E-state index is 12.4. The highest BCUT2D eigenvalue weighted by Gasteiger charge is 2.40. The first-order valence-corrected chi connectivity index (χ1v) is 4.35. The van der Waals surface area contributed by atoms with Gasteiger partial charge in [0.15, 0.2) is 0 Å². The zero-order valence-corrected chi connectivity index (χ0v) is 8.26. The Morgan fingerprint density at radius 2 is 1.92 bits per heavy atom. The molecule has 0 amide bonds. The largest absolute Gasteiger partial charge is 0.571 e. The van der Waals surface area contributed by atoms with Crippen molar-refractivity contribution in [1.82, 2.24) is 0 Å². The van der Waals surface area contributed by atoms with Crippen molar-refractivity contribution < 1.29 is 8.63 Å². The Morgan fingerprint density at radius 1 is 1.42 bits per heavy atom. The molecule has 12 heavy (non-hydrogen) atoms. The number of hydrogen-bond acceptors (Lipinski definition) is 1. The minimum atomic E-state index is -2.57. The summed E-state index contributed by atoms with van der Waals surface area (Å²) in [6.45, 7) is 0. The predicted molar refractivity (Wildman–Crippen MR) is 53.1 cm³/mol. The summed E-state index contributed by atoms with van der Waals surface area (Å²) in [5.41, 5.74) is 5.82. The normalized spacial score (nSPS) is 15.3. The second-order valence-corrected chi connectivity index (χ2v) is 4.14. The van der Waals surface area contributed by atoms with Crippen molar-refractivity contribution in [2.75, 3.05) is 0 Å². The van der Waals surface area contributed by atoms with Crippen LogP contribution in [-0.2, 0) is 3.45 Å². The topological polar surface area (TPSA) is 26.0 Å². The minimum absolute atomic E-state index is 0.414. The molecule has 1 radical (unpaired) electrons. The zero-order chi connectivity index (χ0) is 9.19. The Bertz CT molecular complexity index is 253. The van der Waals surface area contributed by atoms with Crippen molar-refractivity contribution in [2.45, 2.75) is 3.45 Å². The molecule has 0 heterocycles. The van der Waals surface area contributed by atoms with Crippen molar-refractivity contribution in [2.24, 2.45) is 5.73 Å². The molecule has 2 N–H and O–H groups in total. The van der Waals surface area contributed by atoms with E-state index < -0.39 is 10.7 Å². The maximum atomic E-state index is 12.4. The van der Waals surface area contributed by atoms with Gasteiger partial charge in [0.25, 0.3) is 0 Å². The van der Waals surface area contributed by atoms with E-state index in [1.54, 1.807) is 46.9 Å². The molecule has 1 aromatic rings. The molecule has 0 aliphatic rings. The van der Waals surface area contributed by atoms with E-state index in [0.717, 1.165) is 0 Å². The summed E-state index contributed by atoms with van der Waals surface area (Å²) in [5, 5.41) is 0. The Labute approximate surface area is 83.7 Å². The third-order valence-electron chi connectivity index (χ3n) is 1.48. The van der Waals surface area contributed by atoms with Gasteiger partial charge in [-0.15, -0.1) is 0 Å². The van der Waals surface area contributed by atoms with E-state index in [1.165, 1.54) is 0 Å². The van der Waals surface area contributed by atoms with Gasteiger partial charge in [0.1, 0.15) is 3.45 Å². The second-order valence-electron chi connectivity index (χ2n) is 2.36. The van der Waals surface area contributed by atoms with Crippen LogP contribution in [0.4, 0.5) is 8.63 Å².